The molecular formula is C18H23NO3. The van der Waals surface area contributed by atoms with Crippen molar-refractivity contribution in [3.63, 3.8) is 0 Å². The van der Waals surface area contributed by atoms with Crippen molar-refractivity contribution >= 4 is 11.0 Å². The van der Waals surface area contributed by atoms with E-state index in [4.69, 9.17) is 4.42 Å². The number of aryl methyl sites for hydroxylation is 1. The Labute approximate surface area is 130 Å². The molecular weight excluding hydrogens is 278 g/mol. The first-order valence-corrected chi connectivity index (χ1v) is 8.19. The Bertz CT molecular complexity index is 714. The van der Waals surface area contributed by atoms with Crippen LogP contribution in [0, 0.1) is 0 Å². The largest absolute Gasteiger partial charge is 0.507 e. The van der Waals surface area contributed by atoms with Crippen molar-refractivity contribution in [2.75, 3.05) is 13.1 Å². The van der Waals surface area contributed by atoms with Crippen LogP contribution in [0.15, 0.2) is 27.4 Å². The third-order valence-corrected chi connectivity index (χ3v) is 4.43. The van der Waals surface area contributed by atoms with Crippen LogP contribution in [-0.2, 0) is 13.0 Å². The molecule has 3 rings (SSSR count). The predicted molar refractivity (Wildman–Crippen MR) is 87.3 cm³/mol. The predicted octanol–water partition coefficient (Wildman–Crippen LogP) is 3.44. The Balaban J connectivity index is 2.07. The summed E-state index contributed by atoms with van der Waals surface area (Å²) < 4.78 is 5.46. The van der Waals surface area contributed by atoms with Crippen molar-refractivity contribution in [1.82, 2.24) is 4.90 Å². The lowest BCUT2D eigenvalue weighted by molar-refractivity contribution is 0.218. The summed E-state index contributed by atoms with van der Waals surface area (Å²) in [6, 6.07) is 5.16. The van der Waals surface area contributed by atoms with Crippen molar-refractivity contribution in [2.24, 2.45) is 0 Å². The molecule has 4 heteroatoms. The third-order valence-electron chi connectivity index (χ3n) is 4.43. The van der Waals surface area contributed by atoms with Gasteiger partial charge in [0.25, 0.3) is 0 Å². The van der Waals surface area contributed by atoms with Gasteiger partial charge in [-0.2, -0.15) is 0 Å². The molecule has 0 amide bonds. The van der Waals surface area contributed by atoms with Gasteiger partial charge in [0.05, 0.1) is 5.56 Å². The first kappa shape index (κ1) is 15.1. The Morgan fingerprint density at radius 3 is 2.73 bits per heavy atom. The average molecular weight is 301 g/mol. The molecule has 4 nitrogen and oxygen atoms in total. The number of fused-ring (bicyclic) bond motifs is 1. The lowest BCUT2D eigenvalue weighted by Crippen LogP contribution is -2.29. The van der Waals surface area contributed by atoms with Crippen LogP contribution in [0.25, 0.3) is 11.0 Å². The number of hydrogen-bond donors (Lipinski definition) is 1. The molecule has 1 aliphatic heterocycles. The standard InChI is InChI=1S/C18H23NO3/c1-2-6-13-11-17(21)22-18-14(13)7-8-16(20)15(18)12-19-9-4-3-5-10-19/h7-8,11,20H,2-6,9-10,12H2,1H3. The lowest BCUT2D eigenvalue weighted by atomic mass is 10.0. The van der Waals surface area contributed by atoms with Gasteiger partial charge in [-0.25, -0.2) is 4.79 Å². The number of nitrogens with zero attached hydrogens (tertiary/aromatic N) is 1. The monoisotopic (exact) mass is 301 g/mol. The van der Waals surface area contributed by atoms with Crippen molar-refractivity contribution in [2.45, 2.75) is 45.6 Å². The summed E-state index contributed by atoms with van der Waals surface area (Å²) in [5.41, 5.74) is 1.98. The second-order valence-electron chi connectivity index (χ2n) is 6.12. The second kappa shape index (κ2) is 6.53. The zero-order valence-corrected chi connectivity index (χ0v) is 13.1. The summed E-state index contributed by atoms with van der Waals surface area (Å²) in [6.45, 7) is 4.81. The normalized spacial score (nSPS) is 16.2. The maximum Gasteiger partial charge on any atom is 0.336 e. The number of piperidine rings is 1. The highest BCUT2D eigenvalue weighted by molar-refractivity contribution is 5.85. The molecule has 0 spiro atoms. The van der Waals surface area contributed by atoms with Gasteiger partial charge in [-0.05, 0) is 50.0 Å². The van der Waals surface area contributed by atoms with Crippen LogP contribution >= 0.6 is 0 Å². The van der Waals surface area contributed by atoms with E-state index in [9.17, 15) is 9.90 Å². The van der Waals surface area contributed by atoms with E-state index >= 15 is 0 Å². The summed E-state index contributed by atoms with van der Waals surface area (Å²) in [6.07, 6.45) is 5.47. The summed E-state index contributed by atoms with van der Waals surface area (Å²) in [5, 5.41) is 11.2. The molecule has 0 atom stereocenters. The van der Waals surface area contributed by atoms with Gasteiger partial charge in [0.1, 0.15) is 11.3 Å². The van der Waals surface area contributed by atoms with E-state index in [1.54, 1.807) is 12.1 Å². The molecule has 0 radical (unpaired) electrons. The fourth-order valence-electron chi connectivity index (χ4n) is 3.31. The molecule has 0 unspecified atom stereocenters. The van der Waals surface area contributed by atoms with Crippen LogP contribution in [0.1, 0.15) is 43.7 Å². The number of phenols is 1. The fourth-order valence-corrected chi connectivity index (χ4v) is 3.31. The fraction of sp³-hybridized carbons (Fsp3) is 0.500. The van der Waals surface area contributed by atoms with Gasteiger partial charge in [-0.15, -0.1) is 0 Å². The molecule has 1 N–H and O–H groups in total. The number of benzene rings is 1. The molecule has 0 aliphatic carbocycles. The highest BCUT2D eigenvalue weighted by Crippen LogP contribution is 2.30. The van der Waals surface area contributed by atoms with Crippen molar-refractivity contribution in [1.29, 1.82) is 0 Å². The second-order valence-corrected chi connectivity index (χ2v) is 6.12. The van der Waals surface area contributed by atoms with Crippen molar-refractivity contribution < 1.29 is 9.52 Å². The van der Waals surface area contributed by atoms with Crippen LogP contribution in [0.5, 0.6) is 5.75 Å². The Kier molecular flexibility index (Phi) is 4.48. The van der Waals surface area contributed by atoms with Gasteiger partial charge in [0, 0.05) is 18.0 Å². The van der Waals surface area contributed by atoms with Gasteiger partial charge in [-0.1, -0.05) is 19.8 Å². The summed E-state index contributed by atoms with van der Waals surface area (Å²) in [5.74, 6) is 0.217. The van der Waals surface area contributed by atoms with Crippen molar-refractivity contribution in [3.8, 4) is 5.75 Å². The first-order chi connectivity index (χ1) is 10.7. The van der Waals surface area contributed by atoms with E-state index in [0.29, 0.717) is 12.1 Å². The van der Waals surface area contributed by atoms with Crippen LogP contribution in [0.3, 0.4) is 0 Å². The zero-order chi connectivity index (χ0) is 15.5. The summed E-state index contributed by atoms with van der Waals surface area (Å²) in [4.78, 5) is 14.2. The molecule has 2 heterocycles. The molecule has 1 saturated heterocycles. The molecule has 0 saturated carbocycles. The number of hydrogen-bond acceptors (Lipinski definition) is 4. The number of rotatable bonds is 4. The molecule has 1 aromatic carbocycles. The molecule has 22 heavy (non-hydrogen) atoms. The van der Waals surface area contributed by atoms with Gasteiger partial charge in [-0.3, -0.25) is 4.90 Å². The lowest BCUT2D eigenvalue weighted by Gasteiger charge is -2.26. The number of aromatic hydroxyl groups is 1. The zero-order valence-electron chi connectivity index (χ0n) is 13.1. The highest BCUT2D eigenvalue weighted by Gasteiger charge is 2.17. The van der Waals surface area contributed by atoms with Crippen LogP contribution in [0.2, 0.25) is 0 Å². The van der Waals surface area contributed by atoms with Gasteiger partial charge in [0.2, 0.25) is 0 Å². The van der Waals surface area contributed by atoms with E-state index in [-0.39, 0.29) is 11.4 Å². The smallest absolute Gasteiger partial charge is 0.336 e. The van der Waals surface area contributed by atoms with Gasteiger partial charge in [0.15, 0.2) is 0 Å². The summed E-state index contributed by atoms with van der Waals surface area (Å²) >= 11 is 0. The van der Waals surface area contributed by atoms with Gasteiger partial charge < -0.3 is 9.52 Å². The van der Waals surface area contributed by atoms with Crippen LogP contribution < -0.4 is 5.63 Å². The maximum absolute atomic E-state index is 11.9. The molecule has 0 bridgehead atoms. The third kappa shape index (κ3) is 3.02. The minimum atomic E-state index is -0.332. The van der Waals surface area contributed by atoms with Crippen molar-refractivity contribution in [3.05, 3.63) is 39.7 Å². The van der Waals surface area contributed by atoms with E-state index in [1.165, 1.54) is 19.3 Å². The molecule has 1 aromatic heterocycles. The van der Waals surface area contributed by atoms with E-state index in [1.807, 2.05) is 6.07 Å². The van der Waals surface area contributed by atoms with E-state index in [2.05, 4.69) is 11.8 Å². The van der Waals surface area contributed by atoms with E-state index < -0.39 is 0 Å². The number of likely N-dealkylation sites (tertiary alicyclic amines) is 1. The Morgan fingerprint density at radius 2 is 2.00 bits per heavy atom. The van der Waals surface area contributed by atoms with Crippen LogP contribution in [-0.4, -0.2) is 23.1 Å². The molecule has 1 aliphatic rings. The Hall–Kier alpha value is -1.81. The minimum Gasteiger partial charge on any atom is -0.507 e. The Morgan fingerprint density at radius 1 is 1.23 bits per heavy atom. The molecule has 118 valence electrons. The SMILES string of the molecule is CCCc1cc(=O)oc2c(CN3CCCCC3)c(O)ccc12. The van der Waals surface area contributed by atoms with Crippen LogP contribution in [0.4, 0.5) is 0 Å². The topological polar surface area (TPSA) is 53.7 Å². The first-order valence-electron chi connectivity index (χ1n) is 8.19. The molecule has 2 aromatic rings. The highest BCUT2D eigenvalue weighted by atomic mass is 16.4. The van der Waals surface area contributed by atoms with E-state index in [0.717, 1.165) is 42.4 Å². The maximum atomic E-state index is 11.9. The quantitative estimate of drug-likeness (QED) is 0.879. The summed E-state index contributed by atoms with van der Waals surface area (Å²) in [7, 11) is 0. The molecule has 1 fully saturated rings. The average Bonchev–Trinajstić information content (AvgIpc) is 2.51. The van der Waals surface area contributed by atoms with Gasteiger partial charge >= 0.3 is 5.63 Å². The minimum absolute atomic E-state index is 0.217. The number of phenolic OH excluding ortho intramolecular Hbond substituents is 1.